The Morgan fingerprint density at radius 1 is 0.864 bits per heavy atom. The van der Waals surface area contributed by atoms with Crippen molar-refractivity contribution in [2.24, 2.45) is 7.05 Å². The summed E-state index contributed by atoms with van der Waals surface area (Å²) < 4.78 is 5.83. The number of halogens is 1. The molecule has 0 N–H and O–H groups in total. The molecule has 3 heteroatoms. The van der Waals surface area contributed by atoms with Crippen molar-refractivity contribution in [1.82, 2.24) is 4.57 Å². The van der Waals surface area contributed by atoms with E-state index < -0.39 is 0 Å². The van der Waals surface area contributed by atoms with Crippen LogP contribution in [0, 0.1) is 10.6 Å². The monoisotopic (exact) mass is 399 g/mol. The lowest BCUT2D eigenvalue weighted by Crippen LogP contribution is -2.37. The van der Waals surface area contributed by atoms with E-state index in [1.807, 2.05) is 0 Å². The van der Waals surface area contributed by atoms with Gasteiger partial charge in [-0.05, 0) is 42.8 Å². The van der Waals surface area contributed by atoms with Gasteiger partial charge in [0.15, 0.2) is 3.70 Å². The Hall–Kier alpha value is -1.88. The lowest BCUT2D eigenvalue weighted by atomic mass is 10.1. The van der Waals surface area contributed by atoms with Crippen LogP contribution in [-0.2, 0) is 7.05 Å². The second kappa shape index (κ2) is 5.09. The molecular weight excluding hydrogens is 383 g/mol. The summed E-state index contributed by atoms with van der Waals surface area (Å²) in [6.45, 7) is 2.19. The van der Waals surface area contributed by atoms with Crippen LogP contribution in [0.1, 0.15) is 5.56 Å². The quantitative estimate of drug-likeness (QED) is 0.253. The topological polar surface area (TPSA) is 8.81 Å². The summed E-state index contributed by atoms with van der Waals surface area (Å²) in [5.41, 5.74) is 3.85. The molecule has 2 heterocycles. The fourth-order valence-electron chi connectivity index (χ4n) is 3.20. The predicted octanol–water partition coefficient (Wildman–Crippen LogP) is 4.52. The normalized spacial score (nSPS) is 11.4. The Balaban J connectivity index is 2.27. The average Bonchev–Trinajstić information content (AvgIpc) is 2.86. The van der Waals surface area contributed by atoms with Gasteiger partial charge in [-0.3, -0.25) is 0 Å². The van der Waals surface area contributed by atoms with Gasteiger partial charge in [-0.1, -0.05) is 24.3 Å². The zero-order chi connectivity index (χ0) is 15.3. The SMILES string of the molecule is Cc1cccc2c3ccccc3n(-c3cccc(I)[n+]3C)c12. The Kier molecular flexibility index (Phi) is 3.18. The van der Waals surface area contributed by atoms with Gasteiger partial charge in [-0.15, -0.1) is 0 Å². The third-order valence-corrected chi connectivity index (χ3v) is 5.35. The highest BCUT2D eigenvalue weighted by atomic mass is 127. The lowest BCUT2D eigenvalue weighted by Gasteiger charge is -2.06. The molecule has 0 fully saturated rings. The predicted molar refractivity (Wildman–Crippen MR) is 99.4 cm³/mol. The van der Waals surface area contributed by atoms with Crippen LogP contribution >= 0.6 is 22.6 Å². The van der Waals surface area contributed by atoms with Crippen LogP contribution in [0.5, 0.6) is 0 Å². The first-order valence-electron chi connectivity index (χ1n) is 7.32. The van der Waals surface area contributed by atoms with Crippen LogP contribution in [0.2, 0.25) is 0 Å². The van der Waals surface area contributed by atoms with Crippen LogP contribution in [0.25, 0.3) is 27.6 Å². The molecule has 2 aromatic carbocycles. The van der Waals surface area contributed by atoms with E-state index in [4.69, 9.17) is 0 Å². The molecule has 0 aliphatic heterocycles. The van der Waals surface area contributed by atoms with Crippen molar-refractivity contribution < 1.29 is 4.57 Å². The van der Waals surface area contributed by atoms with Crippen LogP contribution in [0.4, 0.5) is 0 Å². The molecule has 0 unspecified atom stereocenters. The molecule has 4 rings (SSSR count). The molecule has 0 bridgehead atoms. The van der Waals surface area contributed by atoms with Gasteiger partial charge in [0.2, 0.25) is 0 Å². The molecule has 0 saturated carbocycles. The maximum Gasteiger partial charge on any atom is 0.287 e. The maximum atomic E-state index is 2.38. The summed E-state index contributed by atoms with van der Waals surface area (Å²) in [5.74, 6) is 1.19. The molecule has 0 aliphatic rings. The summed E-state index contributed by atoms with van der Waals surface area (Å²) in [7, 11) is 2.12. The highest BCUT2D eigenvalue weighted by Gasteiger charge is 2.22. The Morgan fingerprint density at radius 2 is 1.59 bits per heavy atom. The number of rotatable bonds is 1. The number of hydrogen-bond acceptors (Lipinski definition) is 0. The summed E-state index contributed by atoms with van der Waals surface area (Å²) in [6.07, 6.45) is 0. The van der Waals surface area contributed by atoms with E-state index in [0.29, 0.717) is 0 Å². The van der Waals surface area contributed by atoms with Gasteiger partial charge < -0.3 is 0 Å². The van der Waals surface area contributed by atoms with Crippen molar-refractivity contribution >= 4 is 44.4 Å². The van der Waals surface area contributed by atoms with Crippen molar-refractivity contribution in [3.8, 4) is 5.82 Å². The van der Waals surface area contributed by atoms with E-state index in [1.165, 1.54) is 36.9 Å². The molecule has 4 aromatic rings. The number of pyridine rings is 1. The smallest absolute Gasteiger partial charge is 0.224 e. The summed E-state index contributed by atoms with van der Waals surface area (Å²) in [5, 5.41) is 2.62. The third-order valence-electron chi connectivity index (χ3n) is 4.27. The van der Waals surface area contributed by atoms with Crippen molar-refractivity contribution in [2.75, 3.05) is 0 Å². The zero-order valence-corrected chi connectivity index (χ0v) is 14.7. The molecule has 0 radical (unpaired) electrons. The number of benzene rings is 2. The van der Waals surface area contributed by atoms with Gasteiger partial charge >= 0.3 is 0 Å². The number of para-hydroxylation sites is 2. The summed E-state index contributed by atoms with van der Waals surface area (Å²) in [4.78, 5) is 0. The van der Waals surface area contributed by atoms with Gasteiger partial charge in [0, 0.05) is 39.4 Å². The summed E-state index contributed by atoms with van der Waals surface area (Å²) in [6, 6.07) is 21.6. The van der Waals surface area contributed by atoms with Crippen LogP contribution in [-0.4, -0.2) is 4.57 Å². The van der Waals surface area contributed by atoms with Crippen molar-refractivity contribution in [3.05, 3.63) is 69.9 Å². The van der Waals surface area contributed by atoms with Crippen LogP contribution in [0.3, 0.4) is 0 Å². The molecule has 22 heavy (non-hydrogen) atoms. The number of aromatic nitrogens is 2. The zero-order valence-electron chi connectivity index (χ0n) is 12.5. The Bertz CT molecular complexity index is 1010. The Morgan fingerprint density at radius 3 is 2.45 bits per heavy atom. The van der Waals surface area contributed by atoms with E-state index in [9.17, 15) is 0 Å². The molecule has 0 aliphatic carbocycles. The number of fused-ring (bicyclic) bond motifs is 3. The van der Waals surface area contributed by atoms with E-state index >= 15 is 0 Å². The van der Waals surface area contributed by atoms with E-state index in [0.717, 1.165) is 0 Å². The standard InChI is InChI=1S/C19H16IN2/c1-13-7-5-9-15-14-8-3-4-10-16(14)22(19(13)15)18-12-6-11-17(20)21(18)2/h3-12H,1-2H3/q+1. The lowest BCUT2D eigenvalue weighted by molar-refractivity contribution is -0.678. The molecule has 0 atom stereocenters. The van der Waals surface area contributed by atoms with Crippen molar-refractivity contribution in [1.29, 1.82) is 0 Å². The fourth-order valence-corrected chi connectivity index (χ4v) is 3.65. The minimum Gasteiger partial charge on any atom is -0.224 e. The molecule has 2 aromatic heterocycles. The number of hydrogen-bond donors (Lipinski definition) is 0. The molecule has 0 amide bonds. The molecule has 108 valence electrons. The fraction of sp³-hybridized carbons (Fsp3) is 0.105. The number of nitrogens with zero attached hydrogens (tertiary/aromatic N) is 2. The van der Waals surface area contributed by atoms with Gasteiger partial charge in [-0.25, -0.2) is 4.57 Å². The highest BCUT2D eigenvalue weighted by molar-refractivity contribution is 14.1. The number of aryl methyl sites for hydroxylation is 1. The van der Waals surface area contributed by atoms with Crippen LogP contribution < -0.4 is 4.57 Å². The Labute approximate surface area is 143 Å². The second-order valence-corrected chi connectivity index (χ2v) is 6.69. The molecule has 0 saturated heterocycles. The van der Waals surface area contributed by atoms with E-state index in [1.54, 1.807) is 0 Å². The maximum absolute atomic E-state index is 2.38. The largest absolute Gasteiger partial charge is 0.287 e. The molecular formula is C19H16IN2+. The van der Waals surface area contributed by atoms with Gasteiger partial charge in [0.25, 0.3) is 5.82 Å². The minimum absolute atomic E-state index is 1.19. The minimum atomic E-state index is 1.19. The van der Waals surface area contributed by atoms with E-state index in [-0.39, 0.29) is 0 Å². The van der Waals surface area contributed by atoms with Crippen molar-refractivity contribution in [3.63, 3.8) is 0 Å². The summed E-state index contributed by atoms with van der Waals surface area (Å²) >= 11 is 2.38. The first kappa shape index (κ1) is 13.8. The van der Waals surface area contributed by atoms with E-state index in [2.05, 4.69) is 106 Å². The van der Waals surface area contributed by atoms with Crippen molar-refractivity contribution in [2.45, 2.75) is 6.92 Å². The van der Waals surface area contributed by atoms with Crippen LogP contribution in [0.15, 0.2) is 60.7 Å². The highest BCUT2D eigenvalue weighted by Crippen LogP contribution is 2.32. The second-order valence-electron chi connectivity index (χ2n) is 5.59. The molecule has 2 nitrogen and oxygen atoms in total. The van der Waals surface area contributed by atoms with Gasteiger partial charge in [0.05, 0.1) is 7.05 Å². The first-order chi connectivity index (χ1) is 10.7. The average molecular weight is 399 g/mol. The van der Waals surface area contributed by atoms with Gasteiger partial charge in [0.1, 0.15) is 11.0 Å². The first-order valence-corrected chi connectivity index (χ1v) is 8.40. The third kappa shape index (κ3) is 1.88. The van der Waals surface area contributed by atoms with Gasteiger partial charge in [-0.2, -0.15) is 4.57 Å². The molecule has 0 spiro atoms.